The lowest BCUT2D eigenvalue weighted by molar-refractivity contribution is -0.384. The molecule has 0 fully saturated rings. The van der Waals surface area contributed by atoms with E-state index >= 15 is 0 Å². The molecule has 0 amide bonds. The van der Waals surface area contributed by atoms with Gasteiger partial charge in [-0.25, -0.2) is 4.68 Å². The fourth-order valence-electron chi connectivity index (χ4n) is 1.49. The van der Waals surface area contributed by atoms with Crippen LogP contribution in [0.15, 0.2) is 28.9 Å². The van der Waals surface area contributed by atoms with Gasteiger partial charge in [0.25, 0.3) is 5.69 Å². The Hall–Kier alpha value is -2.29. The van der Waals surface area contributed by atoms with E-state index in [9.17, 15) is 14.9 Å². The molecule has 1 heterocycles. The first kappa shape index (κ1) is 13.1. The van der Waals surface area contributed by atoms with Gasteiger partial charge in [-0.3, -0.25) is 14.9 Å². The van der Waals surface area contributed by atoms with Gasteiger partial charge in [0.15, 0.2) is 0 Å². The van der Waals surface area contributed by atoms with Gasteiger partial charge in [0, 0.05) is 10.5 Å². The zero-order chi connectivity index (χ0) is 14.0. The average molecular weight is 327 g/mol. The van der Waals surface area contributed by atoms with E-state index in [4.69, 9.17) is 5.11 Å². The lowest BCUT2D eigenvalue weighted by atomic mass is 10.2. The fraction of sp³-hybridized carbons (Fsp3) is 0.100. The summed E-state index contributed by atoms with van der Waals surface area (Å²) in [6.45, 7) is 0. The van der Waals surface area contributed by atoms with Gasteiger partial charge in [-0.05, 0) is 12.1 Å². The highest BCUT2D eigenvalue weighted by atomic mass is 79.9. The van der Waals surface area contributed by atoms with E-state index < -0.39 is 10.9 Å². The van der Waals surface area contributed by atoms with Crippen molar-refractivity contribution < 1.29 is 14.8 Å². The van der Waals surface area contributed by atoms with Crippen molar-refractivity contribution in [3.05, 3.63) is 44.7 Å². The highest BCUT2D eigenvalue weighted by molar-refractivity contribution is 9.10. The van der Waals surface area contributed by atoms with Crippen LogP contribution < -0.4 is 0 Å². The van der Waals surface area contributed by atoms with Crippen LogP contribution in [0.5, 0.6) is 0 Å². The predicted molar refractivity (Wildman–Crippen MR) is 67.1 cm³/mol. The third-order valence-electron chi connectivity index (χ3n) is 2.25. The van der Waals surface area contributed by atoms with Crippen LogP contribution in [0.25, 0.3) is 5.69 Å². The Morgan fingerprint density at radius 2 is 2.26 bits per heavy atom. The van der Waals surface area contributed by atoms with Gasteiger partial charge in [0.2, 0.25) is 0 Å². The Morgan fingerprint density at radius 3 is 2.89 bits per heavy atom. The summed E-state index contributed by atoms with van der Waals surface area (Å²) in [7, 11) is 0. The molecule has 0 aliphatic heterocycles. The normalized spacial score (nSPS) is 10.4. The number of hydrogen-bond donors (Lipinski definition) is 1. The van der Waals surface area contributed by atoms with E-state index in [1.165, 1.54) is 23.0 Å². The largest absolute Gasteiger partial charge is 0.481 e. The van der Waals surface area contributed by atoms with Crippen molar-refractivity contribution in [1.82, 2.24) is 15.0 Å². The summed E-state index contributed by atoms with van der Waals surface area (Å²) in [5.41, 5.74) is 0.295. The molecule has 19 heavy (non-hydrogen) atoms. The van der Waals surface area contributed by atoms with E-state index in [1.54, 1.807) is 6.07 Å². The van der Waals surface area contributed by atoms with Crippen LogP contribution in [0.2, 0.25) is 0 Å². The maximum absolute atomic E-state index is 11.0. The molecule has 0 aliphatic rings. The number of aromatic nitrogens is 3. The third-order valence-corrected chi connectivity index (χ3v) is 2.75. The Kier molecular flexibility index (Phi) is 3.56. The molecule has 1 N–H and O–H groups in total. The molecule has 2 aromatic rings. The monoisotopic (exact) mass is 326 g/mol. The maximum Gasteiger partial charge on any atom is 0.309 e. The molecule has 0 spiro atoms. The van der Waals surface area contributed by atoms with Crippen molar-refractivity contribution in [2.24, 2.45) is 0 Å². The molecule has 0 aliphatic carbocycles. The topological polar surface area (TPSA) is 111 Å². The Bertz CT molecular complexity index is 655. The number of halogens is 1. The van der Waals surface area contributed by atoms with Crippen molar-refractivity contribution in [3.63, 3.8) is 0 Å². The van der Waals surface area contributed by atoms with Gasteiger partial charge in [0.1, 0.15) is 5.69 Å². The van der Waals surface area contributed by atoms with Crippen LogP contribution in [0.3, 0.4) is 0 Å². The van der Waals surface area contributed by atoms with Crippen molar-refractivity contribution in [3.8, 4) is 5.69 Å². The summed E-state index contributed by atoms with van der Waals surface area (Å²) in [6, 6.07) is 4.47. The molecule has 0 bridgehead atoms. The minimum Gasteiger partial charge on any atom is -0.481 e. The number of nitro benzene ring substituents is 1. The molecular formula is C10H7BrN4O4. The molecule has 0 radical (unpaired) electrons. The summed E-state index contributed by atoms with van der Waals surface area (Å²) in [6.07, 6.45) is 1.06. The zero-order valence-electron chi connectivity index (χ0n) is 9.36. The smallest absolute Gasteiger partial charge is 0.309 e. The summed E-state index contributed by atoms with van der Waals surface area (Å²) < 4.78 is 1.75. The number of aliphatic carboxylic acids is 1. The summed E-state index contributed by atoms with van der Waals surface area (Å²) in [5.74, 6) is -1.04. The van der Waals surface area contributed by atoms with Crippen LogP contribution in [-0.4, -0.2) is 31.0 Å². The van der Waals surface area contributed by atoms with Crippen LogP contribution in [0, 0.1) is 10.1 Å². The summed E-state index contributed by atoms with van der Waals surface area (Å²) in [5, 5.41) is 26.9. The number of carbonyl (C=O) groups is 1. The van der Waals surface area contributed by atoms with E-state index in [0.717, 1.165) is 0 Å². The molecule has 0 saturated heterocycles. The molecule has 0 unspecified atom stereocenters. The molecule has 2 rings (SSSR count). The SMILES string of the molecule is O=C(O)Cc1cn(-c2ccc(Br)cc2[N+](=O)[O-])nn1. The van der Waals surface area contributed by atoms with Crippen LogP contribution in [0.4, 0.5) is 5.69 Å². The lowest BCUT2D eigenvalue weighted by Crippen LogP contribution is -2.01. The second-order valence-electron chi connectivity index (χ2n) is 3.62. The van der Waals surface area contributed by atoms with Gasteiger partial charge < -0.3 is 5.11 Å². The zero-order valence-corrected chi connectivity index (χ0v) is 10.9. The highest BCUT2D eigenvalue weighted by Gasteiger charge is 2.17. The van der Waals surface area contributed by atoms with Crippen LogP contribution in [-0.2, 0) is 11.2 Å². The number of rotatable bonds is 4. The first-order valence-corrected chi connectivity index (χ1v) is 5.84. The van der Waals surface area contributed by atoms with Crippen molar-refractivity contribution in [2.75, 3.05) is 0 Å². The fourth-order valence-corrected chi connectivity index (χ4v) is 1.84. The standard InChI is InChI=1S/C10H7BrN4O4/c11-6-1-2-8(9(3-6)15(18)19)14-5-7(12-13-14)4-10(16)17/h1-3,5H,4H2,(H,16,17). The second kappa shape index (κ2) is 5.14. The Balaban J connectivity index is 2.44. The van der Waals surface area contributed by atoms with Gasteiger partial charge in [-0.1, -0.05) is 21.1 Å². The Labute approximate surface area is 114 Å². The molecule has 1 aromatic heterocycles. The number of hydrogen-bond acceptors (Lipinski definition) is 5. The highest BCUT2D eigenvalue weighted by Crippen LogP contribution is 2.26. The minimum atomic E-state index is -1.04. The van der Waals surface area contributed by atoms with Gasteiger partial charge in [0.05, 0.1) is 23.2 Å². The summed E-state index contributed by atoms with van der Waals surface area (Å²) >= 11 is 3.15. The number of carboxylic acid groups (broad SMARTS) is 1. The van der Waals surface area contributed by atoms with Crippen LogP contribution in [0.1, 0.15) is 5.69 Å². The van der Waals surface area contributed by atoms with Gasteiger partial charge in [-0.2, -0.15) is 0 Å². The molecule has 0 atom stereocenters. The number of nitrogens with zero attached hydrogens (tertiary/aromatic N) is 4. The molecule has 98 valence electrons. The lowest BCUT2D eigenvalue weighted by Gasteiger charge is -2.01. The predicted octanol–water partition coefficient (Wildman–Crippen LogP) is 1.57. The summed E-state index contributed by atoms with van der Waals surface area (Å²) in [4.78, 5) is 21.0. The molecule has 1 aromatic carbocycles. The number of carboxylic acids is 1. The molecular weight excluding hydrogens is 320 g/mol. The third kappa shape index (κ3) is 2.94. The molecule has 8 nitrogen and oxygen atoms in total. The first-order valence-electron chi connectivity index (χ1n) is 5.04. The van der Waals surface area contributed by atoms with Crippen LogP contribution >= 0.6 is 15.9 Å². The van der Waals surface area contributed by atoms with Gasteiger partial charge in [-0.15, -0.1) is 5.10 Å². The minimum absolute atomic E-state index is 0.152. The van der Waals surface area contributed by atoms with Crippen molar-refractivity contribution in [1.29, 1.82) is 0 Å². The van der Waals surface area contributed by atoms with E-state index in [1.807, 2.05) is 0 Å². The first-order chi connectivity index (χ1) is 8.97. The van der Waals surface area contributed by atoms with Crippen molar-refractivity contribution in [2.45, 2.75) is 6.42 Å². The Morgan fingerprint density at radius 1 is 1.53 bits per heavy atom. The van der Waals surface area contributed by atoms with E-state index in [0.29, 0.717) is 4.47 Å². The van der Waals surface area contributed by atoms with E-state index in [2.05, 4.69) is 26.2 Å². The quantitative estimate of drug-likeness (QED) is 0.674. The molecule has 0 saturated carbocycles. The van der Waals surface area contributed by atoms with Gasteiger partial charge >= 0.3 is 5.97 Å². The van der Waals surface area contributed by atoms with Crippen molar-refractivity contribution >= 4 is 27.6 Å². The van der Waals surface area contributed by atoms with E-state index in [-0.39, 0.29) is 23.5 Å². The number of benzene rings is 1. The second-order valence-corrected chi connectivity index (χ2v) is 4.53. The average Bonchev–Trinajstić information content (AvgIpc) is 2.76. The molecule has 9 heteroatoms. The number of nitro groups is 1. The maximum atomic E-state index is 11.0.